The Morgan fingerprint density at radius 3 is 2.20 bits per heavy atom. The number of nitrogens with zero attached hydrogens (tertiary/aromatic N) is 2. The summed E-state index contributed by atoms with van der Waals surface area (Å²) >= 11 is 12.2. The third-order valence-corrected chi connectivity index (χ3v) is 8.96. The van der Waals surface area contributed by atoms with Crippen molar-refractivity contribution in [2.24, 2.45) is 5.92 Å². The van der Waals surface area contributed by atoms with Gasteiger partial charge < -0.3 is 34.1 Å². The molecule has 0 radical (unpaired) electrons. The number of benzene rings is 3. The van der Waals surface area contributed by atoms with E-state index in [0.29, 0.717) is 54.1 Å². The number of para-hydroxylation sites is 1. The fourth-order valence-corrected chi connectivity index (χ4v) is 6.43. The molecule has 49 heavy (non-hydrogen) atoms. The minimum atomic E-state index is 0.125. The van der Waals surface area contributed by atoms with Crippen LogP contribution >= 0.6 is 23.2 Å². The summed E-state index contributed by atoms with van der Waals surface area (Å²) in [6.07, 6.45) is 6.29. The first-order valence-corrected chi connectivity index (χ1v) is 18.2. The Kier molecular flexibility index (Phi) is 16.3. The summed E-state index contributed by atoms with van der Waals surface area (Å²) in [5, 5.41) is 4.43. The summed E-state index contributed by atoms with van der Waals surface area (Å²) in [5.41, 5.74) is 3.43. The fraction of sp³-hybridized carbons (Fsp3) is 0.513. The average molecular weight is 715 g/mol. The van der Waals surface area contributed by atoms with E-state index in [2.05, 4.69) is 47.4 Å². The molecule has 1 unspecified atom stereocenters. The molecule has 1 atom stereocenters. The van der Waals surface area contributed by atoms with E-state index in [4.69, 9.17) is 42.1 Å². The van der Waals surface area contributed by atoms with E-state index in [-0.39, 0.29) is 5.92 Å². The monoisotopic (exact) mass is 713 g/mol. The predicted molar refractivity (Wildman–Crippen MR) is 198 cm³/mol. The van der Waals surface area contributed by atoms with E-state index in [1.807, 2.05) is 49.4 Å². The second-order valence-electron chi connectivity index (χ2n) is 13.0. The minimum Gasteiger partial charge on any atom is -0.492 e. The topological polar surface area (TPSA) is 72.5 Å². The SMILES string of the molecule is COCCCc1cc(CN(C(=O)C2CCCNC2)C2CC2)cc(OCCN(C)C)c1.Cc1cc(Cl)c(OCCOc2ccccc2)c(Cl)c1. The van der Waals surface area contributed by atoms with Crippen LogP contribution in [-0.2, 0) is 22.5 Å². The van der Waals surface area contributed by atoms with Crippen molar-refractivity contribution in [2.75, 3.05) is 67.3 Å². The number of carbonyl (C=O) groups excluding carboxylic acids is 1. The van der Waals surface area contributed by atoms with Gasteiger partial charge in [0.1, 0.15) is 31.3 Å². The molecule has 268 valence electrons. The Labute approximate surface area is 302 Å². The molecule has 1 N–H and O–H groups in total. The molecule has 3 aromatic carbocycles. The van der Waals surface area contributed by atoms with Gasteiger partial charge in [-0.1, -0.05) is 47.5 Å². The van der Waals surface area contributed by atoms with Crippen molar-refractivity contribution in [2.45, 2.75) is 58.0 Å². The van der Waals surface area contributed by atoms with Gasteiger partial charge in [-0.2, -0.15) is 0 Å². The van der Waals surface area contributed by atoms with E-state index in [1.165, 1.54) is 11.1 Å². The molecule has 2 fully saturated rings. The standard InChI is InChI=1S/C24H39N3O3.C15H14Cl2O2/c1-26(2)11-13-30-23-15-19(6-5-12-29-3)14-20(16-23)18-27(22-8-9-22)24(28)21-7-4-10-25-17-21;1-11-9-13(16)15(14(17)10-11)19-8-7-18-12-5-3-2-4-6-12/h14-16,21-22,25H,4-13,17-18H2,1-3H3;2-6,9-10H,7-8H2,1H3. The number of methoxy groups -OCH3 is 1. The van der Waals surface area contributed by atoms with E-state index < -0.39 is 0 Å². The predicted octanol–water partition coefficient (Wildman–Crippen LogP) is 7.46. The Morgan fingerprint density at radius 2 is 1.55 bits per heavy atom. The maximum Gasteiger partial charge on any atom is 0.227 e. The normalized spacial score (nSPS) is 15.7. The number of hydrogen-bond acceptors (Lipinski definition) is 7. The first kappa shape index (κ1) is 38.8. The Morgan fingerprint density at radius 1 is 0.857 bits per heavy atom. The highest BCUT2D eigenvalue weighted by Crippen LogP contribution is 2.34. The number of hydrogen-bond donors (Lipinski definition) is 1. The third-order valence-electron chi connectivity index (χ3n) is 8.40. The van der Waals surface area contributed by atoms with Gasteiger partial charge in [0.15, 0.2) is 5.75 Å². The number of likely N-dealkylation sites (N-methyl/N-ethyl adjacent to an activating group) is 1. The van der Waals surface area contributed by atoms with Crippen LogP contribution in [-0.4, -0.2) is 89.0 Å². The fourth-order valence-electron chi connectivity index (χ4n) is 5.73. The number of piperidine rings is 1. The van der Waals surface area contributed by atoms with Crippen molar-refractivity contribution in [3.63, 3.8) is 0 Å². The highest BCUT2D eigenvalue weighted by Gasteiger charge is 2.36. The summed E-state index contributed by atoms with van der Waals surface area (Å²) in [4.78, 5) is 17.5. The van der Waals surface area contributed by atoms with Crippen molar-refractivity contribution in [3.8, 4) is 17.2 Å². The van der Waals surface area contributed by atoms with Crippen LogP contribution in [0.2, 0.25) is 10.0 Å². The minimum absolute atomic E-state index is 0.125. The molecule has 0 bridgehead atoms. The average Bonchev–Trinajstić information content (AvgIpc) is 3.93. The number of rotatable bonds is 17. The second-order valence-corrected chi connectivity index (χ2v) is 13.9. The number of carbonyl (C=O) groups is 1. The Balaban J connectivity index is 0.000000244. The van der Waals surface area contributed by atoms with Crippen molar-refractivity contribution < 1.29 is 23.7 Å². The molecular weight excluding hydrogens is 661 g/mol. The molecule has 5 rings (SSSR count). The van der Waals surface area contributed by atoms with Crippen LogP contribution in [0.5, 0.6) is 17.2 Å². The molecule has 3 aromatic rings. The molecule has 1 saturated heterocycles. The maximum atomic E-state index is 13.2. The third kappa shape index (κ3) is 13.7. The zero-order chi connectivity index (χ0) is 35.0. The van der Waals surface area contributed by atoms with Crippen LogP contribution in [0, 0.1) is 12.8 Å². The highest BCUT2D eigenvalue weighted by atomic mass is 35.5. The first-order chi connectivity index (χ1) is 23.7. The molecule has 0 aromatic heterocycles. The van der Waals surface area contributed by atoms with Gasteiger partial charge in [0.2, 0.25) is 5.91 Å². The number of nitrogens with one attached hydrogen (secondary N) is 1. The van der Waals surface area contributed by atoms with Crippen LogP contribution in [0.4, 0.5) is 0 Å². The molecule has 2 aliphatic rings. The van der Waals surface area contributed by atoms with Gasteiger partial charge in [-0.05, 0) is 119 Å². The van der Waals surface area contributed by atoms with Crippen LogP contribution in [0.15, 0.2) is 60.7 Å². The van der Waals surface area contributed by atoms with Gasteiger partial charge in [-0.25, -0.2) is 0 Å². The molecule has 0 spiro atoms. The second kappa shape index (κ2) is 20.6. The van der Waals surface area contributed by atoms with Crippen molar-refractivity contribution in [1.29, 1.82) is 0 Å². The largest absolute Gasteiger partial charge is 0.492 e. The van der Waals surface area contributed by atoms with Crippen LogP contribution < -0.4 is 19.5 Å². The smallest absolute Gasteiger partial charge is 0.227 e. The first-order valence-electron chi connectivity index (χ1n) is 17.4. The molecular formula is C39H53Cl2N3O5. The summed E-state index contributed by atoms with van der Waals surface area (Å²) in [6.45, 7) is 7.58. The van der Waals surface area contributed by atoms with Crippen LogP contribution in [0.25, 0.3) is 0 Å². The lowest BCUT2D eigenvalue weighted by molar-refractivity contribution is -0.137. The molecule has 1 amide bonds. The number of halogens is 2. The Hall–Kier alpha value is -3.01. The van der Waals surface area contributed by atoms with Gasteiger partial charge in [0.25, 0.3) is 0 Å². The van der Waals surface area contributed by atoms with Gasteiger partial charge >= 0.3 is 0 Å². The van der Waals surface area contributed by atoms with Crippen LogP contribution in [0.1, 0.15) is 48.8 Å². The van der Waals surface area contributed by atoms with Crippen molar-refractivity contribution in [1.82, 2.24) is 15.1 Å². The summed E-state index contributed by atoms with van der Waals surface area (Å²) in [7, 11) is 5.84. The molecule has 8 nitrogen and oxygen atoms in total. The lowest BCUT2D eigenvalue weighted by Crippen LogP contribution is -2.43. The molecule has 1 saturated carbocycles. The van der Waals surface area contributed by atoms with Gasteiger partial charge in [-0.15, -0.1) is 0 Å². The van der Waals surface area contributed by atoms with E-state index in [1.54, 1.807) is 7.11 Å². The lowest BCUT2D eigenvalue weighted by Gasteiger charge is -2.30. The van der Waals surface area contributed by atoms with E-state index >= 15 is 0 Å². The number of aryl methyl sites for hydroxylation is 2. The van der Waals surface area contributed by atoms with E-state index in [9.17, 15) is 4.79 Å². The molecule has 10 heteroatoms. The van der Waals surface area contributed by atoms with Gasteiger partial charge in [0, 0.05) is 39.4 Å². The molecule has 1 aliphatic carbocycles. The maximum absolute atomic E-state index is 13.2. The van der Waals surface area contributed by atoms with Crippen LogP contribution in [0.3, 0.4) is 0 Å². The summed E-state index contributed by atoms with van der Waals surface area (Å²) in [6, 6.07) is 20.1. The summed E-state index contributed by atoms with van der Waals surface area (Å²) < 4.78 is 22.4. The number of amides is 1. The number of ether oxygens (including phenoxy) is 4. The van der Waals surface area contributed by atoms with Crippen molar-refractivity contribution >= 4 is 29.1 Å². The quantitative estimate of drug-likeness (QED) is 0.146. The van der Waals surface area contributed by atoms with Crippen molar-refractivity contribution in [3.05, 3.63) is 87.4 Å². The molecule has 1 heterocycles. The molecule has 1 aliphatic heterocycles. The van der Waals surface area contributed by atoms with Gasteiger partial charge in [0.05, 0.1) is 16.0 Å². The zero-order valence-corrected chi connectivity index (χ0v) is 31.0. The summed E-state index contributed by atoms with van der Waals surface area (Å²) in [5.74, 6) is 2.67. The van der Waals surface area contributed by atoms with E-state index in [0.717, 1.165) is 81.8 Å². The van der Waals surface area contributed by atoms with Gasteiger partial charge in [-0.3, -0.25) is 4.79 Å². The zero-order valence-electron chi connectivity index (χ0n) is 29.5. The highest BCUT2D eigenvalue weighted by molar-refractivity contribution is 6.37. The Bertz CT molecular complexity index is 1410. The lowest BCUT2D eigenvalue weighted by atomic mass is 9.97.